The maximum Gasteiger partial charge on any atom is 0.294 e. The average Bonchev–Trinajstić information content (AvgIpc) is 2.75. The first-order valence-corrected chi connectivity index (χ1v) is 13.3. The van der Waals surface area contributed by atoms with Gasteiger partial charge in [-0.3, -0.25) is 4.55 Å². The molecule has 4 nitrogen and oxygen atoms in total. The van der Waals surface area contributed by atoms with Gasteiger partial charge in [0.1, 0.15) is 11.5 Å². The summed E-state index contributed by atoms with van der Waals surface area (Å²) in [7, 11) is -4.23. The third kappa shape index (κ3) is 10.8. The van der Waals surface area contributed by atoms with Crippen molar-refractivity contribution in [2.75, 3.05) is 0 Å². The summed E-state index contributed by atoms with van der Waals surface area (Å²) < 4.78 is 37.3. The van der Waals surface area contributed by atoms with Crippen LogP contribution in [0.25, 0.3) is 0 Å². The molecule has 0 amide bonds. The highest BCUT2D eigenvalue weighted by Gasteiger charge is 2.10. The van der Waals surface area contributed by atoms with Crippen LogP contribution >= 0.6 is 0 Å². The minimum Gasteiger partial charge on any atom is -0.457 e. The fourth-order valence-corrected chi connectivity index (χ4v) is 4.24. The lowest BCUT2D eigenvalue weighted by molar-refractivity contribution is 0.471. The summed E-state index contributed by atoms with van der Waals surface area (Å²) in [6, 6.07) is 13.8. The van der Waals surface area contributed by atoms with Gasteiger partial charge in [-0.05, 0) is 42.7 Å². The fourth-order valence-electron chi connectivity index (χ4n) is 3.73. The molecule has 0 saturated heterocycles. The third-order valence-electron chi connectivity index (χ3n) is 5.58. The Bertz CT molecular complexity index is 844. The SMILES string of the molecule is CCCCCCCCCCCCCCc1ccc(Oc2cccc(S(=O)(=O)O)c2)cc1. The predicted octanol–water partition coefficient (Wildman–Crippen LogP) is 7.97. The Labute approximate surface area is 188 Å². The molecule has 0 aromatic heterocycles. The van der Waals surface area contributed by atoms with E-state index in [1.54, 1.807) is 12.1 Å². The first-order valence-electron chi connectivity index (χ1n) is 11.8. The highest BCUT2D eigenvalue weighted by molar-refractivity contribution is 7.85. The van der Waals surface area contributed by atoms with Gasteiger partial charge >= 0.3 is 0 Å². The van der Waals surface area contributed by atoms with Gasteiger partial charge in [0.05, 0.1) is 4.90 Å². The number of rotatable bonds is 16. The van der Waals surface area contributed by atoms with Gasteiger partial charge in [0.25, 0.3) is 10.1 Å². The molecule has 1 N–H and O–H groups in total. The monoisotopic (exact) mass is 446 g/mol. The minimum absolute atomic E-state index is 0.173. The van der Waals surface area contributed by atoms with Crippen molar-refractivity contribution in [2.45, 2.75) is 95.3 Å². The number of benzene rings is 2. The lowest BCUT2D eigenvalue weighted by Gasteiger charge is -2.08. The summed E-state index contributed by atoms with van der Waals surface area (Å²) in [5.74, 6) is 1.02. The van der Waals surface area contributed by atoms with Crippen molar-refractivity contribution in [3.8, 4) is 11.5 Å². The van der Waals surface area contributed by atoms with Crippen LogP contribution in [0.15, 0.2) is 53.4 Å². The molecular formula is C26H38O4S. The zero-order chi connectivity index (χ0) is 22.4. The molecule has 0 aliphatic carbocycles. The van der Waals surface area contributed by atoms with Crippen LogP contribution in [-0.2, 0) is 16.5 Å². The molecule has 172 valence electrons. The topological polar surface area (TPSA) is 63.6 Å². The van der Waals surface area contributed by atoms with Gasteiger partial charge in [-0.1, -0.05) is 95.8 Å². The second-order valence-electron chi connectivity index (χ2n) is 8.34. The van der Waals surface area contributed by atoms with Crippen molar-refractivity contribution in [3.05, 3.63) is 54.1 Å². The molecule has 2 aromatic carbocycles. The van der Waals surface area contributed by atoms with Gasteiger partial charge < -0.3 is 4.74 Å². The summed E-state index contributed by atoms with van der Waals surface area (Å²) in [5.41, 5.74) is 1.28. The fraction of sp³-hybridized carbons (Fsp3) is 0.538. The summed E-state index contributed by atoms with van der Waals surface area (Å²) in [6.07, 6.45) is 17.3. The van der Waals surface area contributed by atoms with E-state index in [2.05, 4.69) is 19.1 Å². The maximum absolute atomic E-state index is 11.2. The van der Waals surface area contributed by atoms with Crippen LogP contribution in [0.2, 0.25) is 0 Å². The highest BCUT2D eigenvalue weighted by atomic mass is 32.2. The van der Waals surface area contributed by atoms with Crippen molar-refractivity contribution in [1.29, 1.82) is 0 Å². The third-order valence-corrected chi connectivity index (χ3v) is 6.43. The van der Waals surface area contributed by atoms with Crippen LogP contribution in [0, 0.1) is 0 Å². The first kappa shape index (κ1) is 25.4. The summed E-state index contributed by atoms with van der Waals surface area (Å²) in [4.78, 5) is -0.173. The molecule has 0 radical (unpaired) electrons. The Morgan fingerprint density at radius 1 is 0.710 bits per heavy atom. The lowest BCUT2D eigenvalue weighted by Crippen LogP contribution is -1.98. The summed E-state index contributed by atoms with van der Waals surface area (Å²) in [6.45, 7) is 2.27. The molecule has 0 saturated carbocycles. The van der Waals surface area contributed by atoms with Crippen molar-refractivity contribution >= 4 is 10.1 Å². The molecule has 0 spiro atoms. The maximum atomic E-state index is 11.2. The smallest absolute Gasteiger partial charge is 0.294 e. The van der Waals surface area contributed by atoms with E-state index in [0.717, 1.165) is 6.42 Å². The van der Waals surface area contributed by atoms with Gasteiger partial charge in [-0.15, -0.1) is 0 Å². The van der Waals surface area contributed by atoms with Crippen LogP contribution in [0.1, 0.15) is 89.5 Å². The molecule has 0 fully saturated rings. The van der Waals surface area contributed by atoms with Crippen molar-refractivity contribution in [3.63, 3.8) is 0 Å². The largest absolute Gasteiger partial charge is 0.457 e. The van der Waals surface area contributed by atoms with E-state index < -0.39 is 10.1 Å². The Morgan fingerprint density at radius 3 is 1.81 bits per heavy atom. The molecule has 0 bridgehead atoms. The Kier molecular flexibility index (Phi) is 11.7. The minimum atomic E-state index is -4.23. The van der Waals surface area contributed by atoms with Crippen LogP contribution in [0.3, 0.4) is 0 Å². The molecule has 2 rings (SSSR count). The molecule has 0 heterocycles. The van der Waals surface area contributed by atoms with Gasteiger partial charge in [-0.2, -0.15) is 8.42 Å². The van der Waals surface area contributed by atoms with Crippen molar-refractivity contribution in [2.24, 2.45) is 0 Å². The van der Waals surface area contributed by atoms with E-state index in [4.69, 9.17) is 9.29 Å². The van der Waals surface area contributed by atoms with Gasteiger partial charge in [0.2, 0.25) is 0 Å². The molecule has 0 unspecified atom stereocenters. The normalized spacial score (nSPS) is 11.5. The van der Waals surface area contributed by atoms with E-state index in [1.807, 2.05) is 12.1 Å². The number of unbranched alkanes of at least 4 members (excludes halogenated alkanes) is 11. The molecule has 5 heteroatoms. The van der Waals surface area contributed by atoms with Gasteiger partial charge in [-0.25, -0.2) is 0 Å². The van der Waals surface area contributed by atoms with Gasteiger partial charge in [0.15, 0.2) is 0 Å². The van der Waals surface area contributed by atoms with Crippen LogP contribution in [-0.4, -0.2) is 13.0 Å². The lowest BCUT2D eigenvalue weighted by atomic mass is 10.0. The Morgan fingerprint density at radius 2 is 1.26 bits per heavy atom. The van der Waals surface area contributed by atoms with E-state index >= 15 is 0 Å². The molecule has 0 aliphatic heterocycles. The Balaban J connectivity index is 1.59. The number of aryl methyl sites for hydroxylation is 1. The number of ether oxygens (including phenoxy) is 1. The first-order chi connectivity index (χ1) is 15.0. The molecule has 0 aliphatic rings. The van der Waals surface area contributed by atoms with E-state index in [0.29, 0.717) is 11.5 Å². The highest BCUT2D eigenvalue weighted by Crippen LogP contribution is 2.24. The molecule has 2 aromatic rings. The Hall–Kier alpha value is -1.85. The van der Waals surface area contributed by atoms with Crippen molar-refractivity contribution < 1.29 is 17.7 Å². The zero-order valence-corrected chi connectivity index (χ0v) is 19.7. The van der Waals surface area contributed by atoms with Crippen LogP contribution in [0.5, 0.6) is 11.5 Å². The molecule has 0 atom stereocenters. The quantitative estimate of drug-likeness (QED) is 0.210. The second-order valence-corrected chi connectivity index (χ2v) is 9.76. The second kappa shape index (κ2) is 14.3. The van der Waals surface area contributed by atoms with E-state index in [1.165, 1.54) is 94.7 Å². The van der Waals surface area contributed by atoms with Crippen LogP contribution in [0.4, 0.5) is 0 Å². The van der Waals surface area contributed by atoms with E-state index in [9.17, 15) is 8.42 Å². The molecular weight excluding hydrogens is 408 g/mol. The van der Waals surface area contributed by atoms with Crippen LogP contribution < -0.4 is 4.74 Å². The van der Waals surface area contributed by atoms with Gasteiger partial charge in [0, 0.05) is 6.07 Å². The predicted molar refractivity (Wildman–Crippen MR) is 128 cm³/mol. The summed E-state index contributed by atoms with van der Waals surface area (Å²) in [5, 5.41) is 0. The molecule has 31 heavy (non-hydrogen) atoms. The standard InChI is InChI=1S/C26H38O4S/c1-2-3-4-5-6-7-8-9-10-11-12-13-15-23-18-20-24(21-19-23)30-25-16-14-17-26(22-25)31(27,28)29/h14,16-22H,2-13,15H2,1H3,(H,27,28,29). The number of hydrogen-bond acceptors (Lipinski definition) is 3. The van der Waals surface area contributed by atoms with E-state index in [-0.39, 0.29) is 4.90 Å². The summed E-state index contributed by atoms with van der Waals surface area (Å²) >= 11 is 0. The van der Waals surface area contributed by atoms with Crippen molar-refractivity contribution in [1.82, 2.24) is 0 Å². The zero-order valence-electron chi connectivity index (χ0n) is 18.9. The number of hydrogen-bond donors (Lipinski definition) is 1. The average molecular weight is 447 g/mol.